The second kappa shape index (κ2) is 7.02. The van der Waals surface area contributed by atoms with Gasteiger partial charge < -0.3 is 15.4 Å². The molecular formula is C13H21FN4O2. The molecular weight excluding hydrogens is 263 g/mol. The number of aromatic nitrogens is 2. The van der Waals surface area contributed by atoms with Gasteiger partial charge in [0.15, 0.2) is 11.6 Å². The maximum absolute atomic E-state index is 13.3. The van der Waals surface area contributed by atoms with Crippen LogP contribution >= 0.6 is 0 Å². The van der Waals surface area contributed by atoms with Gasteiger partial charge in [-0.3, -0.25) is 0 Å². The summed E-state index contributed by atoms with van der Waals surface area (Å²) >= 11 is 0. The second-order valence-corrected chi connectivity index (χ2v) is 5.35. The first-order valence-electron chi connectivity index (χ1n) is 6.50. The number of alkyl carbamates (subject to hydrolysis) is 1. The summed E-state index contributed by atoms with van der Waals surface area (Å²) in [7, 11) is 0. The van der Waals surface area contributed by atoms with Crippen LogP contribution in [0.3, 0.4) is 0 Å². The highest BCUT2D eigenvalue weighted by Gasteiger charge is 2.18. The molecule has 0 saturated heterocycles. The van der Waals surface area contributed by atoms with Gasteiger partial charge in [0.1, 0.15) is 11.9 Å². The molecule has 1 amide bonds. The highest BCUT2D eigenvalue weighted by Crippen LogP contribution is 2.09. The van der Waals surface area contributed by atoms with E-state index in [0.29, 0.717) is 13.0 Å². The summed E-state index contributed by atoms with van der Waals surface area (Å²) in [6, 6.07) is -0.181. The number of carbonyl (C=O) groups excluding carboxylic acids is 1. The first kappa shape index (κ1) is 16.1. The molecule has 1 rings (SSSR count). The van der Waals surface area contributed by atoms with Crippen LogP contribution in [0.25, 0.3) is 0 Å². The van der Waals surface area contributed by atoms with E-state index in [2.05, 4.69) is 20.6 Å². The zero-order valence-electron chi connectivity index (χ0n) is 12.2. The van der Waals surface area contributed by atoms with Crippen molar-refractivity contribution in [2.24, 2.45) is 0 Å². The van der Waals surface area contributed by atoms with E-state index in [1.165, 1.54) is 6.33 Å². The molecule has 7 heteroatoms. The van der Waals surface area contributed by atoms with Crippen LogP contribution in [-0.4, -0.2) is 34.2 Å². The van der Waals surface area contributed by atoms with Crippen molar-refractivity contribution in [3.8, 4) is 0 Å². The van der Waals surface area contributed by atoms with Gasteiger partial charge in [0, 0.05) is 12.6 Å². The van der Waals surface area contributed by atoms with E-state index >= 15 is 0 Å². The van der Waals surface area contributed by atoms with Crippen molar-refractivity contribution in [2.45, 2.75) is 45.8 Å². The van der Waals surface area contributed by atoms with Crippen LogP contribution in [0.4, 0.5) is 15.0 Å². The Bertz CT molecular complexity index is 448. The first-order valence-corrected chi connectivity index (χ1v) is 6.50. The SMILES string of the molecule is CC[C@H](CNc1ncncc1F)NC(=O)OC(C)(C)C. The molecule has 6 nitrogen and oxygen atoms in total. The molecule has 0 spiro atoms. The van der Waals surface area contributed by atoms with E-state index in [9.17, 15) is 9.18 Å². The average molecular weight is 284 g/mol. The smallest absolute Gasteiger partial charge is 0.407 e. The summed E-state index contributed by atoms with van der Waals surface area (Å²) in [6.45, 7) is 7.65. The Hall–Kier alpha value is -1.92. The van der Waals surface area contributed by atoms with Crippen molar-refractivity contribution in [3.63, 3.8) is 0 Å². The van der Waals surface area contributed by atoms with Crippen molar-refractivity contribution in [3.05, 3.63) is 18.3 Å². The minimum absolute atomic E-state index is 0.115. The van der Waals surface area contributed by atoms with Crippen LogP contribution in [0.2, 0.25) is 0 Å². The maximum atomic E-state index is 13.3. The largest absolute Gasteiger partial charge is 0.444 e. The van der Waals surface area contributed by atoms with E-state index in [4.69, 9.17) is 4.74 Å². The fraction of sp³-hybridized carbons (Fsp3) is 0.615. The van der Waals surface area contributed by atoms with E-state index in [0.717, 1.165) is 6.20 Å². The van der Waals surface area contributed by atoms with Crippen LogP contribution in [0.1, 0.15) is 34.1 Å². The molecule has 1 heterocycles. The van der Waals surface area contributed by atoms with Crippen molar-refractivity contribution in [1.29, 1.82) is 0 Å². The fourth-order valence-corrected chi connectivity index (χ4v) is 1.43. The number of halogens is 1. The Morgan fingerprint density at radius 2 is 2.20 bits per heavy atom. The van der Waals surface area contributed by atoms with Gasteiger partial charge in [-0.05, 0) is 27.2 Å². The Morgan fingerprint density at radius 3 is 2.75 bits per heavy atom. The minimum atomic E-state index is -0.547. The highest BCUT2D eigenvalue weighted by molar-refractivity contribution is 5.68. The number of carbonyl (C=O) groups is 1. The van der Waals surface area contributed by atoms with E-state index in [-0.39, 0.29) is 11.9 Å². The summed E-state index contributed by atoms with van der Waals surface area (Å²) in [5.41, 5.74) is -0.547. The molecule has 0 aliphatic rings. The van der Waals surface area contributed by atoms with Crippen LogP contribution in [0, 0.1) is 5.82 Å². The monoisotopic (exact) mass is 284 g/mol. The van der Waals surface area contributed by atoms with Gasteiger partial charge in [-0.15, -0.1) is 0 Å². The Kier molecular flexibility index (Phi) is 5.66. The molecule has 112 valence electrons. The maximum Gasteiger partial charge on any atom is 0.407 e. The van der Waals surface area contributed by atoms with Crippen molar-refractivity contribution >= 4 is 11.9 Å². The normalized spacial score (nSPS) is 12.7. The number of hydrogen-bond acceptors (Lipinski definition) is 5. The average Bonchev–Trinajstić information content (AvgIpc) is 2.34. The van der Waals surface area contributed by atoms with Gasteiger partial charge in [0.05, 0.1) is 6.20 Å². The van der Waals surface area contributed by atoms with Crippen LogP contribution in [0.15, 0.2) is 12.5 Å². The van der Waals surface area contributed by atoms with Crippen molar-refractivity contribution in [1.82, 2.24) is 15.3 Å². The third-order valence-corrected chi connectivity index (χ3v) is 2.40. The highest BCUT2D eigenvalue weighted by atomic mass is 19.1. The van der Waals surface area contributed by atoms with Crippen molar-refractivity contribution in [2.75, 3.05) is 11.9 Å². The minimum Gasteiger partial charge on any atom is -0.444 e. The molecule has 0 bridgehead atoms. The van der Waals surface area contributed by atoms with Crippen molar-refractivity contribution < 1.29 is 13.9 Å². The van der Waals surface area contributed by atoms with Gasteiger partial charge in [-0.25, -0.2) is 19.2 Å². The zero-order chi connectivity index (χ0) is 15.2. The lowest BCUT2D eigenvalue weighted by Gasteiger charge is -2.23. The van der Waals surface area contributed by atoms with Gasteiger partial charge >= 0.3 is 6.09 Å². The zero-order valence-corrected chi connectivity index (χ0v) is 12.2. The molecule has 1 aromatic heterocycles. The number of amides is 1. The molecule has 0 unspecified atom stereocenters. The predicted octanol–water partition coefficient (Wildman–Crippen LogP) is 2.33. The first-order chi connectivity index (χ1) is 9.31. The lowest BCUT2D eigenvalue weighted by Crippen LogP contribution is -2.42. The number of anilines is 1. The lowest BCUT2D eigenvalue weighted by molar-refractivity contribution is 0.0506. The Labute approximate surface area is 118 Å². The number of hydrogen-bond donors (Lipinski definition) is 2. The van der Waals surface area contributed by atoms with Crippen LogP contribution in [-0.2, 0) is 4.74 Å². The van der Waals surface area contributed by atoms with Crippen LogP contribution in [0.5, 0.6) is 0 Å². The van der Waals surface area contributed by atoms with E-state index in [1.54, 1.807) is 20.8 Å². The molecule has 20 heavy (non-hydrogen) atoms. The van der Waals surface area contributed by atoms with Crippen LogP contribution < -0.4 is 10.6 Å². The van der Waals surface area contributed by atoms with Gasteiger partial charge in [-0.2, -0.15) is 0 Å². The summed E-state index contributed by atoms with van der Waals surface area (Å²) < 4.78 is 18.5. The molecule has 2 N–H and O–H groups in total. The summed E-state index contributed by atoms with van der Waals surface area (Å²) in [4.78, 5) is 19.0. The molecule has 0 radical (unpaired) electrons. The molecule has 0 aromatic carbocycles. The summed E-state index contributed by atoms with van der Waals surface area (Å²) in [5, 5.41) is 5.56. The quantitative estimate of drug-likeness (QED) is 0.868. The van der Waals surface area contributed by atoms with Gasteiger partial charge in [0.2, 0.25) is 0 Å². The molecule has 0 saturated carbocycles. The number of nitrogens with zero attached hydrogens (tertiary/aromatic N) is 2. The number of rotatable bonds is 5. The number of nitrogens with one attached hydrogen (secondary N) is 2. The standard InChI is InChI=1S/C13H21FN4O2/c1-5-9(18-12(19)20-13(2,3)4)6-16-11-10(14)7-15-8-17-11/h7-9H,5-6H2,1-4H3,(H,18,19)(H,15,16,17)/t9-/m1/s1. The second-order valence-electron chi connectivity index (χ2n) is 5.35. The molecule has 0 fully saturated rings. The number of ether oxygens (including phenoxy) is 1. The molecule has 0 aliphatic heterocycles. The van der Waals surface area contributed by atoms with E-state index < -0.39 is 17.5 Å². The fourth-order valence-electron chi connectivity index (χ4n) is 1.43. The lowest BCUT2D eigenvalue weighted by atomic mass is 10.2. The predicted molar refractivity (Wildman–Crippen MR) is 73.9 cm³/mol. The third-order valence-electron chi connectivity index (χ3n) is 2.40. The van der Waals surface area contributed by atoms with Gasteiger partial charge in [-0.1, -0.05) is 6.92 Å². The van der Waals surface area contributed by atoms with E-state index in [1.807, 2.05) is 6.92 Å². The Morgan fingerprint density at radius 1 is 1.50 bits per heavy atom. The molecule has 0 aliphatic carbocycles. The molecule has 1 aromatic rings. The molecule has 1 atom stereocenters. The summed E-state index contributed by atoms with van der Waals surface area (Å²) in [6.07, 6.45) is 2.53. The third kappa shape index (κ3) is 5.81. The Balaban J connectivity index is 2.48. The summed E-state index contributed by atoms with van der Waals surface area (Å²) in [5.74, 6) is -0.413. The topological polar surface area (TPSA) is 76.1 Å². The van der Waals surface area contributed by atoms with Gasteiger partial charge in [0.25, 0.3) is 0 Å².